The molecule has 0 unspecified atom stereocenters. The van der Waals surface area contributed by atoms with Crippen molar-refractivity contribution in [2.24, 2.45) is 5.64 Å². The third kappa shape index (κ3) is 11.7. The monoisotopic (exact) mass is 57.1 g/mol. The molecule has 0 saturated heterocycles. The van der Waals surface area contributed by atoms with Crippen molar-refractivity contribution in [3.63, 3.8) is 0 Å². The summed E-state index contributed by atoms with van der Waals surface area (Å²) in [4.78, 5) is 0. The molecule has 5 heavy (non-hydrogen) atoms. The first-order valence-corrected chi connectivity index (χ1v) is 1.00. The molecule has 2 N–H and O–H groups in total. The van der Waals surface area contributed by atoms with Gasteiger partial charge in [0, 0.05) is 14.8 Å². The van der Waals surface area contributed by atoms with Crippen molar-refractivity contribution in [2.45, 2.75) is 0 Å². The van der Waals surface area contributed by atoms with Crippen LogP contribution in [-0.2, 0) is 0 Å². The van der Waals surface area contributed by atoms with Crippen molar-refractivity contribution in [2.75, 3.05) is 0 Å². The predicted molar refractivity (Wildman–Crippen MR) is 22.6 cm³/mol. The molecule has 0 spiro atoms. The van der Waals surface area contributed by atoms with Crippen LogP contribution >= 0.6 is 0 Å². The molecule has 0 heterocycles. The molecule has 0 fully saturated rings. The van der Waals surface area contributed by atoms with E-state index in [2.05, 4.69) is 0 Å². The largest absolute Gasteiger partial charge is 1.00 e. The van der Waals surface area contributed by atoms with Crippen molar-refractivity contribution in [3.8, 4) is 0 Å². The van der Waals surface area contributed by atoms with Crippen LogP contribution in [0.4, 0.5) is 0 Å². The minimum absolute atomic E-state index is 0. The summed E-state index contributed by atoms with van der Waals surface area (Å²) >= 11 is 0. The molecule has 0 aromatic heterocycles. The molecule has 0 aromatic rings. The van der Waals surface area contributed by atoms with E-state index in [4.69, 9.17) is 13.4 Å². The first-order chi connectivity index (χ1) is 1.91. The maximum atomic E-state index is 4.72. The van der Waals surface area contributed by atoms with Crippen LogP contribution in [0.1, 0.15) is 1.43 Å². The first kappa shape index (κ1) is 9.23. The molecule has 0 atom stereocenters. The molecule has 0 aliphatic carbocycles. The third-order valence-electron chi connectivity index (χ3n) is 0.111. The quantitative estimate of drug-likeness (QED) is 0.301. The Bertz CT molecular complexity index is 12.8. The van der Waals surface area contributed by atoms with E-state index in [0.717, 1.165) is 0 Å². The maximum Gasteiger partial charge on any atom is 1.00 e. The molecule has 0 amide bonds. The minimum atomic E-state index is 0. The predicted octanol–water partition coefficient (Wildman–Crippen LogP) is -4.62. The topological polar surface area (TPSA) is 26.0 Å². The zero-order valence-electron chi connectivity index (χ0n) is 4.31. The number of nitrogens with two attached hydrogens (primary N) is 1. The fourth-order valence-electron chi connectivity index (χ4n) is 0. The van der Waals surface area contributed by atoms with Gasteiger partial charge in [-0.3, -0.25) is 0 Å². The molecule has 18 valence electrons. The van der Waals surface area contributed by atoms with Crippen molar-refractivity contribution in [1.82, 2.24) is 0 Å². The Hall–Kier alpha value is 0.752. The average Bonchev–Trinajstić information content (AvgIpc) is 1.37. The van der Waals surface area contributed by atoms with E-state index in [9.17, 15) is 0 Å². The maximum absolute atomic E-state index is 4.72. The Balaban J connectivity index is -0.0000000450. The normalized spacial score (nSPS) is 4.20. The van der Waals surface area contributed by atoms with Gasteiger partial charge in [0.05, 0.1) is 0 Å². The van der Waals surface area contributed by atoms with Gasteiger partial charge in [0.25, 0.3) is 0 Å². The molecule has 0 aliphatic rings. The van der Waals surface area contributed by atoms with Crippen LogP contribution in [0.25, 0.3) is 0 Å². The van der Waals surface area contributed by atoms with Crippen molar-refractivity contribution in [3.05, 3.63) is 0 Å². The number of rotatable bonds is 1. The van der Waals surface area contributed by atoms with E-state index in [0.29, 0.717) is 0 Å². The summed E-state index contributed by atoms with van der Waals surface area (Å²) < 4.78 is 0. The molecule has 0 aromatic carbocycles. The Kier molecular flexibility index (Phi) is 16.3. The molecule has 0 bridgehead atoms. The summed E-state index contributed by atoms with van der Waals surface area (Å²) in [6.07, 6.45) is 0. The Labute approximate surface area is 48.6 Å². The zero-order chi connectivity index (χ0) is 3.41. The molecule has 0 saturated carbocycles. The van der Waals surface area contributed by atoms with Gasteiger partial charge in [0.15, 0.2) is 0 Å². The van der Waals surface area contributed by atoms with Gasteiger partial charge >= 0.3 is 18.9 Å². The van der Waals surface area contributed by atoms with Gasteiger partial charge in [-0.05, 0) is 0 Å². The zero-order valence-corrected chi connectivity index (χ0v) is 3.31. The second-order valence-electron chi connectivity index (χ2n) is 0.385. The first-order valence-electron chi connectivity index (χ1n) is 1.00. The Morgan fingerprint density at radius 2 is 2.00 bits per heavy atom. The van der Waals surface area contributed by atoms with Gasteiger partial charge in [-0.15, -0.1) is 0 Å². The molecular weight excluding hydrogens is 53.4 g/mol. The molecule has 1 nitrogen and oxygen atoms in total. The standard InChI is InChI=1S/B3H2N.Li.H/c1-2-3-4;;/h4H2;;/q;+1;-1. The second-order valence-corrected chi connectivity index (χ2v) is 0.385. The molecule has 0 rings (SSSR count). The summed E-state index contributed by atoms with van der Waals surface area (Å²) in [5, 5.41) is 0. The molecule has 5 heteroatoms. The molecule has 4 radical (unpaired) electrons. The van der Waals surface area contributed by atoms with Gasteiger partial charge < -0.3 is 7.07 Å². The summed E-state index contributed by atoms with van der Waals surface area (Å²) in [5.74, 6) is 0. The smallest absolute Gasteiger partial charge is 1.00 e. The fourth-order valence-corrected chi connectivity index (χ4v) is 0. The Morgan fingerprint density at radius 3 is 2.00 bits per heavy atom. The second kappa shape index (κ2) is 8.83. The van der Waals surface area contributed by atoms with Crippen LogP contribution in [-0.4, -0.2) is 22.1 Å². The minimum Gasteiger partial charge on any atom is -1.00 e. The van der Waals surface area contributed by atoms with Crippen LogP contribution in [0, 0.1) is 0 Å². The molecular formula is H3B3LiN. The summed E-state index contributed by atoms with van der Waals surface area (Å²) in [6, 6.07) is 0. The Morgan fingerprint density at radius 1 is 1.80 bits per heavy atom. The molecule has 0 aliphatic heterocycles. The van der Waals surface area contributed by atoms with Gasteiger partial charge in [-0.25, -0.2) is 0 Å². The van der Waals surface area contributed by atoms with Crippen molar-refractivity contribution >= 4 is 22.1 Å². The summed E-state index contributed by atoms with van der Waals surface area (Å²) in [5.41, 5.74) is 4.72. The van der Waals surface area contributed by atoms with Crippen LogP contribution < -0.4 is 24.5 Å². The number of hydrogen-bond acceptors (Lipinski definition) is 1. The summed E-state index contributed by atoms with van der Waals surface area (Å²) in [7, 11) is 7.28. The van der Waals surface area contributed by atoms with Gasteiger partial charge in [0.1, 0.15) is 7.31 Å². The van der Waals surface area contributed by atoms with Crippen LogP contribution in [0.5, 0.6) is 0 Å². The van der Waals surface area contributed by atoms with Crippen LogP contribution in [0.3, 0.4) is 0 Å². The fraction of sp³-hybridized carbons (Fsp3) is 0. The van der Waals surface area contributed by atoms with E-state index in [1.165, 1.54) is 14.4 Å². The average molecular weight is 56.4 g/mol. The third-order valence-corrected chi connectivity index (χ3v) is 0.111. The van der Waals surface area contributed by atoms with Gasteiger partial charge in [-0.1, -0.05) is 0 Å². The van der Waals surface area contributed by atoms with E-state index in [1.807, 2.05) is 0 Å². The SMILES string of the molecule is [B][B][B]N.[H-].[Li+]. The van der Waals surface area contributed by atoms with Crippen molar-refractivity contribution < 1.29 is 20.3 Å². The van der Waals surface area contributed by atoms with Crippen LogP contribution in [0.15, 0.2) is 0 Å². The number of hydrogen-bond donors (Lipinski definition) is 1. The van der Waals surface area contributed by atoms with E-state index < -0.39 is 0 Å². The van der Waals surface area contributed by atoms with Crippen LogP contribution in [0.2, 0.25) is 0 Å². The van der Waals surface area contributed by atoms with E-state index in [1.54, 1.807) is 0 Å². The van der Waals surface area contributed by atoms with Gasteiger partial charge in [-0.2, -0.15) is 0 Å². The van der Waals surface area contributed by atoms with Gasteiger partial charge in [0.2, 0.25) is 0 Å². The van der Waals surface area contributed by atoms with E-state index in [-0.39, 0.29) is 20.3 Å². The van der Waals surface area contributed by atoms with Crippen molar-refractivity contribution in [1.29, 1.82) is 0 Å². The van der Waals surface area contributed by atoms with E-state index >= 15 is 0 Å². The summed E-state index contributed by atoms with van der Waals surface area (Å²) in [6.45, 7) is 0.